The predicted molar refractivity (Wildman–Crippen MR) is 60.7 cm³/mol. The van der Waals surface area contributed by atoms with E-state index in [-0.39, 0.29) is 22.2 Å². The highest BCUT2D eigenvalue weighted by Crippen LogP contribution is 2.35. The molecule has 0 spiro atoms. The van der Waals surface area contributed by atoms with Crippen molar-refractivity contribution in [1.82, 2.24) is 10.5 Å². The maximum Gasteiger partial charge on any atom is 0.417 e. The zero-order chi connectivity index (χ0) is 14.2. The standard InChI is InChI=1S/C12H9F3N2O2/c1-6-5-9(11(18)17-19)16-8-4-2-3-7(10(6)8)12(13,14)15/h2-5,19H,1H3,(H,17,18). The SMILES string of the molecule is Cc1cc(C(=O)NO)nc2cccc(C(F)(F)F)c12. The van der Waals surface area contributed by atoms with Crippen LogP contribution in [0.4, 0.5) is 13.2 Å². The Morgan fingerprint density at radius 1 is 1.37 bits per heavy atom. The van der Waals surface area contributed by atoms with Crippen LogP contribution in [0.2, 0.25) is 0 Å². The van der Waals surface area contributed by atoms with Gasteiger partial charge >= 0.3 is 6.18 Å². The first-order valence-corrected chi connectivity index (χ1v) is 5.26. The second kappa shape index (κ2) is 4.51. The van der Waals surface area contributed by atoms with E-state index in [1.165, 1.54) is 30.6 Å². The lowest BCUT2D eigenvalue weighted by molar-refractivity contribution is -0.136. The molecule has 1 aromatic heterocycles. The van der Waals surface area contributed by atoms with Crippen LogP contribution in [0.5, 0.6) is 0 Å². The van der Waals surface area contributed by atoms with Crippen LogP contribution in [-0.4, -0.2) is 16.1 Å². The Labute approximate surface area is 105 Å². The number of rotatable bonds is 1. The number of halogens is 3. The number of nitrogens with one attached hydrogen (secondary N) is 1. The zero-order valence-corrected chi connectivity index (χ0v) is 9.75. The van der Waals surface area contributed by atoms with Gasteiger partial charge in [-0.05, 0) is 30.7 Å². The van der Waals surface area contributed by atoms with Crippen LogP contribution in [0.3, 0.4) is 0 Å². The minimum Gasteiger partial charge on any atom is -0.288 e. The molecule has 0 fully saturated rings. The van der Waals surface area contributed by atoms with Gasteiger partial charge in [-0.3, -0.25) is 10.0 Å². The van der Waals surface area contributed by atoms with Crippen molar-refractivity contribution in [2.75, 3.05) is 0 Å². The highest BCUT2D eigenvalue weighted by atomic mass is 19.4. The first kappa shape index (κ1) is 13.3. The lowest BCUT2D eigenvalue weighted by Gasteiger charge is -2.12. The van der Waals surface area contributed by atoms with Gasteiger partial charge in [-0.1, -0.05) is 6.07 Å². The number of carbonyl (C=O) groups excluding carboxylic acids is 1. The van der Waals surface area contributed by atoms with Crippen molar-refractivity contribution in [3.63, 3.8) is 0 Å². The Balaban J connectivity index is 2.76. The van der Waals surface area contributed by atoms with Gasteiger partial charge in [0.05, 0.1) is 11.1 Å². The van der Waals surface area contributed by atoms with Gasteiger partial charge < -0.3 is 0 Å². The van der Waals surface area contributed by atoms with Gasteiger partial charge in [0.15, 0.2) is 0 Å². The second-order valence-corrected chi connectivity index (χ2v) is 3.96. The number of pyridine rings is 1. The van der Waals surface area contributed by atoms with E-state index in [9.17, 15) is 18.0 Å². The quantitative estimate of drug-likeness (QED) is 0.618. The van der Waals surface area contributed by atoms with Crippen LogP contribution in [0.15, 0.2) is 24.3 Å². The third-order valence-corrected chi connectivity index (χ3v) is 2.67. The topological polar surface area (TPSA) is 62.2 Å². The van der Waals surface area contributed by atoms with E-state index in [4.69, 9.17) is 5.21 Å². The number of amides is 1. The molecule has 0 saturated carbocycles. The predicted octanol–water partition coefficient (Wildman–Crippen LogP) is 2.68. The second-order valence-electron chi connectivity index (χ2n) is 3.96. The fourth-order valence-electron chi connectivity index (χ4n) is 1.90. The molecule has 7 heteroatoms. The van der Waals surface area contributed by atoms with Crippen LogP contribution >= 0.6 is 0 Å². The number of fused-ring (bicyclic) bond motifs is 1. The number of aryl methyl sites for hydroxylation is 1. The van der Waals surface area contributed by atoms with E-state index in [0.717, 1.165) is 6.07 Å². The molecular formula is C12H9F3N2O2. The van der Waals surface area contributed by atoms with Crippen molar-refractivity contribution in [2.45, 2.75) is 13.1 Å². The van der Waals surface area contributed by atoms with E-state index in [0.29, 0.717) is 0 Å². The minimum atomic E-state index is -4.49. The van der Waals surface area contributed by atoms with Crippen LogP contribution < -0.4 is 5.48 Å². The van der Waals surface area contributed by atoms with Crippen LogP contribution in [0, 0.1) is 6.92 Å². The molecule has 1 heterocycles. The highest BCUT2D eigenvalue weighted by molar-refractivity contribution is 5.96. The number of carbonyl (C=O) groups is 1. The number of aromatic nitrogens is 1. The van der Waals surface area contributed by atoms with Crippen LogP contribution in [0.1, 0.15) is 21.6 Å². The summed E-state index contributed by atoms with van der Waals surface area (Å²) in [5.74, 6) is -0.873. The number of hydroxylamine groups is 1. The third kappa shape index (κ3) is 2.37. The van der Waals surface area contributed by atoms with Gasteiger partial charge in [0.2, 0.25) is 0 Å². The lowest BCUT2D eigenvalue weighted by atomic mass is 10.0. The summed E-state index contributed by atoms with van der Waals surface area (Å²) in [6, 6.07) is 4.76. The Hall–Kier alpha value is -2.15. The molecule has 0 atom stereocenters. The Bertz CT molecular complexity index is 653. The smallest absolute Gasteiger partial charge is 0.288 e. The average molecular weight is 270 g/mol. The van der Waals surface area contributed by atoms with E-state index in [1.807, 2.05) is 0 Å². The van der Waals surface area contributed by atoms with Crippen LogP contribution in [-0.2, 0) is 6.18 Å². The number of hydrogen-bond acceptors (Lipinski definition) is 3. The molecule has 4 nitrogen and oxygen atoms in total. The summed E-state index contributed by atoms with van der Waals surface area (Å²) in [5, 5.41) is 8.46. The lowest BCUT2D eigenvalue weighted by Crippen LogP contribution is -2.20. The fraction of sp³-hybridized carbons (Fsp3) is 0.167. The summed E-state index contributed by atoms with van der Waals surface area (Å²) in [5.41, 5.74) is 0.758. The van der Waals surface area contributed by atoms with Gasteiger partial charge in [-0.25, -0.2) is 10.5 Å². The summed E-state index contributed by atoms with van der Waals surface area (Å²) in [7, 11) is 0. The first-order chi connectivity index (χ1) is 8.84. The number of nitrogens with zero attached hydrogens (tertiary/aromatic N) is 1. The van der Waals surface area contributed by atoms with Gasteiger partial charge in [0.25, 0.3) is 5.91 Å². The van der Waals surface area contributed by atoms with Crippen molar-refractivity contribution in [3.8, 4) is 0 Å². The molecule has 0 bridgehead atoms. The van der Waals surface area contributed by atoms with E-state index >= 15 is 0 Å². The van der Waals surface area contributed by atoms with Crippen molar-refractivity contribution >= 4 is 16.8 Å². The summed E-state index contributed by atoms with van der Waals surface area (Å²) < 4.78 is 38.6. The molecule has 0 unspecified atom stereocenters. The summed E-state index contributed by atoms with van der Waals surface area (Å²) in [6.07, 6.45) is -4.49. The molecule has 0 radical (unpaired) electrons. The van der Waals surface area contributed by atoms with Gasteiger partial charge in [0, 0.05) is 5.39 Å². The molecule has 2 rings (SSSR count). The number of benzene rings is 1. The molecule has 0 aliphatic carbocycles. The molecule has 0 saturated heterocycles. The van der Waals surface area contributed by atoms with Crippen molar-refractivity contribution in [2.24, 2.45) is 0 Å². The van der Waals surface area contributed by atoms with Crippen molar-refractivity contribution < 1.29 is 23.2 Å². The molecule has 2 N–H and O–H groups in total. The number of alkyl halides is 3. The summed E-state index contributed by atoms with van der Waals surface area (Å²) >= 11 is 0. The van der Waals surface area contributed by atoms with E-state index in [1.54, 1.807) is 0 Å². The average Bonchev–Trinajstić information content (AvgIpc) is 2.35. The largest absolute Gasteiger partial charge is 0.417 e. The number of hydrogen-bond donors (Lipinski definition) is 2. The fourth-order valence-corrected chi connectivity index (χ4v) is 1.90. The van der Waals surface area contributed by atoms with Gasteiger partial charge in [-0.2, -0.15) is 13.2 Å². The minimum absolute atomic E-state index is 0.0495. The molecule has 19 heavy (non-hydrogen) atoms. The van der Waals surface area contributed by atoms with Crippen LogP contribution in [0.25, 0.3) is 10.9 Å². The molecule has 1 aromatic carbocycles. The van der Waals surface area contributed by atoms with E-state index < -0.39 is 17.6 Å². The Kier molecular flexibility index (Phi) is 3.15. The molecule has 2 aromatic rings. The maximum absolute atomic E-state index is 12.9. The Morgan fingerprint density at radius 2 is 2.05 bits per heavy atom. The molecule has 0 aliphatic rings. The van der Waals surface area contributed by atoms with Crippen molar-refractivity contribution in [3.05, 3.63) is 41.1 Å². The first-order valence-electron chi connectivity index (χ1n) is 5.26. The van der Waals surface area contributed by atoms with E-state index in [2.05, 4.69) is 4.98 Å². The maximum atomic E-state index is 12.9. The van der Waals surface area contributed by atoms with Crippen molar-refractivity contribution in [1.29, 1.82) is 0 Å². The third-order valence-electron chi connectivity index (χ3n) is 2.67. The summed E-state index contributed by atoms with van der Waals surface area (Å²) in [6.45, 7) is 1.45. The Morgan fingerprint density at radius 3 is 2.63 bits per heavy atom. The molecular weight excluding hydrogens is 261 g/mol. The zero-order valence-electron chi connectivity index (χ0n) is 9.75. The molecule has 0 aliphatic heterocycles. The monoisotopic (exact) mass is 270 g/mol. The van der Waals surface area contributed by atoms with Gasteiger partial charge in [0.1, 0.15) is 5.69 Å². The molecule has 1 amide bonds. The summed E-state index contributed by atoms with van der Waals surface area (Å²) in [4.78, 5) is 15.1. The highest BCUT2D eigenvalue weighted by Gasteiger charge is 2.33. The molecule has 100 valence electrons. The normalized spacial score (nSPS) is 11.6. The van der Waals surface area contributed by atoms with Gasteiger partial charge in [-0.15, -0.1) is 0 Å².